The maximum atomic E-state index is 12.6. The number of esters is 1. The molecule has 0 N–H and O–H groups in total. The summed E-state index contributed by atoms with van der Waals surface area (Å²) in [7, 11) is 0. The fourth-order valence-electron chi connectivity index (χ4n) is 4.85. The van der Waals surface area contributed by atoms with Gasteiger partial charge < -0.3 is 14.4 Å². The second-order valence-corrected chi connectivity index (χ2v) is 10.0. The van der Waals surface area contributed by atoms with Crippen molar-refractivity contribution in [3.8, 4) is 0 Å². The van der Waals surface area contributed by atoms with Crippen LogP contribution in [0.25, 0.3) is 0 Å². The largest absolute Gasteiger partial charge is 0.466 e. The van der Waals surface area contributed by atoms with Gasteiger partial charge in [0.15, 0.2) is 6.35 Å². The fourth-order valence-corrected chi connectivity index (χ4v) is 4.85. The highest BCUT2D eigenvalue weighted by Crippen LogP contribution is 2.30. The highest BCUT2D eigenvalue weighted by molar-refractivity contribution is 5.81. The first-order chi connectivity index (χ1) is 14.3. The molecule has 172 valence electrons. The van der Waals surface area contributed by atoms with Crippen molar-refractivity contribution in [2.75, 3.05) is 45.9 Å². The summed E-state index contributed by atoms with van der Waals surface area (Å²) in [6.07, 6.45) is 6.15. The Kier molecular flexibility index (Phi) is 8.16. The summed E-state index contributed by atoms with van der Waals surface area (Å²) in [6.45, 7) is 13.7. The summed E-state index contributed by atoms with van der Waals surface area (Å²) in [5.74, 6) is 0.215. The van der Waals surface area contributed by atoms with Crippen molar-refractivity contribution in [1.82, 2.24) is 14.7 Å². The first-order valence-corrected chi connectivity index (χ1v) is 11.9. The van der Waals surface area contributed by atoms with Gasteiger partial charge in [0.05, 0.1) is 18.6 Å². The zero-order valence-electron chi connectivity index (χ0n) is 19.4. The predicted octanol–water partition coefficient (Wildman–Crippen LogP) is 2.69. The number of likely N-dealkylation sites (tertiary alicyclic amines) is 1. The minimum absolute atomic E-state index is 0.0106. The average Bonchev–Trinajstić information content (AvgIpc) is 3.26. The van der Waals surface area contributed by atoms with Crippen molar-refractivity contribution in [3.63, 3.8) is 0 Å². The van der Waals surface area contributed by atoms with Crippen LogP contribution in [0.5, 0.6) is 0 Å². The Morgan fingerprint density at radius 3 is 2.00 bits per heavy atom. The van der Waals surface area contributed by atoms with E-state index in [2.05, 4.69) is 9.80 Å². The highest BCUT2D eigenvalue weighted by Gasteiger charge is 2.37. The van der Waals surface area contributed by atoms with Crippen LogP contribution < -0.4 is 0 Å². The Hall–Kier alpha value is -1.18. The molecule has 0 aromatic heterocycles. The number of amides is 1. The number of hydrogen-bond donors (Lipinski definition) is 0. The van der Waals surface area contributed by atoms with Crippen LogP contribution in [0.15, 0.2) is 0 Å². The maximum Gasteiger partial charge on any atom is 0.308 e. The van der Waals surface area contributed by atoms with Crippen molar-refractivity contribution in [2.24, 2.45) is 11.3 Å². The van der Waals surface area contributed by atoms with Crippen LogP contribution in [0.1, 0.15) is 66.2 Å². The number of carbonyl (C=O) groups is 2. The Morgan fingerprint density at radius 2 is 1.47 bits per heavy atom. The van der Waals surface area contributed by atoms with Crippen molar-refractivity contribution in [3.05, 3.63) is 0 Å². The van der Waals surface area contributed by atoms with Crippen molar-refractivity contribution in [1.29, 1.82) is 0 Å². The Balaban J connectivity index is 1.55. The van der Waals surface area contributed by atoms with Gasteiger partial charge in [-0.05, 0) is 45.4 Å². The summed E-state index contributed by atoms with van der Waals surface area (Å²) in [5.41, 5.74) is -0.329. The molecule has 2 heterocycles. The molecular weight excluding hydrogens is 382 g/mol. The van der Waals surface area contributed by atoms with Gasteiger partial charge in [-0.2, -0.15) is 0 Å². The molecule has 1 amide bonds. The number of rotatable bonds is 6. The summed E-state index contributed by atoms with van der Waals surface area (Å²) in [4.78, 5) is 31.5. The zero-order chi connectivity index (χ0) is 21.7. The van der Waals surface area contributed by atoms with Crippen LogP contribution in [-0.2, 0) is 19.1 Å². The van der Waals surface area contributed by atoms with Gasteiger partial charge in [0.1, 0.15) is 0 Å². The Morgan fingerprint density at radius 1 is 0.900 bits per heavy atom. The molecule has 3 aliphatic rings. The highest BCUT2D eigenvalue weighted by atomic mass is 16.5. The molecule has 7 heteroatoms. The summed E-state index contributed by atoms with van der Waals surface area (Å²) in [5, 5.41) is 0. The van der Waals surface area contributed by atoms with E-state index in [0.717, 1.165) is 65.0 Å². The van der Waals surface area contributed by atoms with E-state index in [0.29, 0.717) is 6.61 Å². The molecule has 1 aliphatic carbocycles. The minimum Gasteiger partial charge on any atom is -0.466 e. The Bertz CT molecular complexity index is 569. The van der Waals surface area contributed by atoms with E-state index >= 15 is 0 Å². The van der Waals surface area contributed by atoms with Crippen LogP contribution in [0.3, 0.4) is 0 Å². The predicted molar refractivity (Wildman–Crippen MR) is 116 cm³/mol. The SMILES string of the molecule is CCOC(=O)C1CCC(OC(N2CCCC2)N2CCN(C(=O)C(C)(C)C)CC2)CC1. The topological polar surface area (TPSA) is 62.3 Å². The monoisotopic (exact) mass is 423 g/mol. The first kappa shape index (κ1) is 23.5. The van der Waals surface area contributed by atoms with Crippen LogP contribution in [0, 0.1) is 11.3 Å². The molecule has 1 atom stereocenters. The molecule has 0 aromatic carbocycles. The van der Waals surface area contributed by atoms with Gasteiger partial charge in [-0.15, -0.1) is 0 Å². The molecular formula is C23H41N3O4. The number of carbonyl (C=O) groups excluding carboxylic acids is 2. The molecule has 0 spiro atoms. The molecule has 0 radical (unpaired) electrons. The van der Waals surface area contributed by atoms with Crippen molar-refractivity contribution >= 4 is 11.9 Å². The third-order valence-corrected chi connectivity index (χ3v) is 6.62. The smallest absolute Gasteiger partial charge is 0.308 e. The zero-order valence-corrected chi connectivity index (χ0v) is 19.4. The number of nitrogens with zero attached hydrogens (tertiary/aromatic N) is 3. The second-order valence-electron chi connectivity index (χ2n) is 10.0. The number of ether oxygens (including phenoxy) is 2. The van der Waals surface area contributed by atoms with E-state index < -0.39 is 0 Å². The molecule has 0 aromatic rings. The van der Waals surface area contributed by atoms with Gasteiger partial charge in [0.2, 0.25) is 5.91 Å². The van der Waals surface area contributed by atoms with E-state index in [1.165, 1.54) is 12.8 Å². The first-order valence-electron chi connectivity index (χ1n) is 11.9. The third-order valence-electron chi connectivity index (χ3n) is 6.62. The summed E-state index contributed by atoms with van der Waals surface area (Å²) < 4.78 is 11.9. The minimum atomic E-state index is -0.329. The van der Waals surface area contributed by atoms with Crippen LogP contribution in [0.4, 0.5) is 0 Å². The molecule has 2 aliphatic heterocycles. The standard InChI is InChI=1S/C23H41N3O4/c1-5-29-20(27)18-8-10-19(11-9-18)30-22(25-12-6-7-13-25)26-16-14-24(15-17-26)21(28)23(2,3)4/h18-19,22H,5-17H2,1-4H3. The maximum absolute atomic E-state index is 12.6. The van der Waals surface area contributed by atoms with E-state index in [4.69, 9.17) is 9.47 Å². The molecule has 0 bridgehead atoms. The van der Waals surface area contributed by atoms with Gasteiger partial charge in [-0.3, -0.25) is 19.4 Å². The third kappa shape index (κ3) is 5.95. The van der Waals surface area contributed by atoms with Gasteiger partial charge in [0, 0.05) is 44.7 Å². The van der Waals surface area contributed by atoms with Crippen molar-refractivity contribution < 1.29 is 19.1 Å². The lowest BCUT2D eigenvalue weighted by atomic mass is 9.87. The molecule has 1 saturated carbocycles. The van der Waals surface area contributed by atoms with Crippen LogP contribution in [0.2, 0.25) is 0 Å². The lowest BCUT2D eigenvalue weighted by Gasteiger charge is -2.45. The molecule has 30 heavy (non-hydrogen) atoms. The number of hydrogen-bond acceptors (Lipinski definition) is 6. The lowest BCUT2D eigenvalue weighted by Crippen LogP contribution is -2.59. The van der Waals surface area contributed by atoms with Gasteiger partial charge in [-0.25, -0.2) is 0 Å². The molecule has 3 fully saturated rings. The van der Waals surface area contributed by atoms with Gasteiger partial charge in [0.25, 0.3) is 0 Å². The molecule has 1 unspecified atom stereocenters. The summed E-state index contributed by atoms with van der Waals surface area (Å²) >= 11 is 0. The molecule has 3 rings (SSSR count). The van der Waals surface area contributed by atoms with E-state index in [1.54, 1.807) is 0 Å². The molecule has 7 nitrogen and oxygen atoms in total. The summed E-state index contributed by atoms with van der Waals surface area (Å²) in [6, 6.07) is 0. The van der Waals surface area contributed by atoms with E-state index in [1.807, 2.05) is 32.6 Å². The average molecular weight is 424 g/mol. The van der Waals surface area contributed by atoms with Crippen molar-refractivity contribution in [2.45, 2.75) is 78.7 Å². The quantitative estimate of drug-likeness (QED) is 0.612. The van der Waals surface area contributed by atoms with E-state index in [9.17, 15) is 9.59 Å². The normalized spacial score (nSPS) is 27.8. The second kappa shape index (κ2) is 10.4. The van der Waals surface area contributed by atoms with Gasteiger partial charge in [-0.1, -0.05) is 20.8 Å². The molecule has 2 saturated heterocycles. The number of piperazine rings is 1. The van der Waals surface area contributed by atoms with Crippen LogP contribution >= 0.6 is 0 Å². The van der Waals surface area contributed by atoms with Crippen LogP contribution in [-0.4, -0.2) is 84.9 Å². The van der Waals surface area contributed by atoms with Gasteiger partial charge >= 0.3 is 5.97 Å². The Labute approximate surface area is 182 Å². The van der Waals surface area contributed by atoms with E-state index in [-0.39, 0.29) is 35.7 Å². The lowest BCUT2D eigenvalue weighted by molar-refractivity contribution is -0.193. The fraction of sp³-hybridized carbons (Fsp3) is 0.913.